The molecule has 1 aliphatic rings. The minimum absolute atomic E-state index is 0.133. The summed E-state index contributed by atoms with van der Waals surface area (Å²) >= 11 is 0. The molecule has 0 saturated heterocycles. The molecule has 0 saturated carbocycles. The number of nitrogens with one attached hydrogen (secondary N) is 1. The SMILES string of the molecule is CC(NC(=O)c1ccc2c(c1)OCO2)c1cccc(N)c1. The molecule has 1 aliphatic heterocycles. The van der Waals surface area contributed by atoms with Gasteiger partial charge in [0.1, 0.15) is 0 Å². The number of benzene rings is 2. The largest absolute Gasteiger partial charge is 0.454 e. The number of carbonyl (C=O) groups excluding carboxylic acids is 1. The Balaban J connectivity index is 1.74. The summed E-state index contributed by atoms with van der Waals surface area (Å²) in [6.07, 6.45) is 0. The van der Waals surface area contributed by atoms with Crippen molar-refractivity contribution in [3.63, 3.8) is 0 Å². The fraction of sp³-hybridized carbons (Fsp3) is 0.188. The predicted molar refractivity (Wildman–Crippen MR) is 79.3 cm³/mol. The average Bonchev–Trinajstić information content (AvgIpc) is 2.94. The summed E-state index contributed by atoms with van der Waals surface area (Å²) in [5, 5.41) is 2.94. The number of amides is 1. The first-order chi connectivity index (χ1) is 10.1. The molecule has 21 heavy (non-hydrogen) atoms. The van der Waals surface area contributed by atoms with E-state index in [9.17, 15) is 4.79 Å². The van der Waals surface area contributed by atoms with Crippen molar-refractivity contribution in [2.45, 2.75) is 13.0 Å². The summed E-state index contributed by atoms with van der Waals surface area (Å²) in [4.78, 5) is 12.3. The lowest BCUT2D eigenvalue weighted by atomic mass is 10.1. The topological polar surface area (TPSA) is 73.6 Å². The third kappa shape index (κ3) is 2.76. The molecule has 5 heteroatoms. The van der Waals surface area contributed by atoms with E-state index < -0.39 is 0 Å². The fourth-order valence-electron chi connectivity index (χ4n) is 2.23. The molecule has 0 bridgehead atoms. The Bertz CT molecular complexity index is 685. The Hall–Kier alpha value is -2.69. The van der Waals surface area contributed by atoms with Gasteiger partial charge in [0.2, 0.25) is 6.79 Å². The second-order valence-electron chi connectivity index (χ2n) is 4.93. The second kappa shape index (κ2) is 5.36. The van der Waals surface area contributed by atoms with Gasteiger partial charge in [0.05, 0.1) is 6.04 Å². The van der Waals surface area contributed by atoms with E-state index in [1.165, 1.54) is 0 Å². The van der Waals surface area contributed by atoms with Gasteiger partial charge in [0.25, 0.3) is 5.91 Å². The van der Waals surface area contributed by atoms with E-state index >= 15 is 0 Å². The van der Waals surface area contributed by atoms with Crippen molar-refractivity contribution in [1.29, 1.82) is 0 Å². The number of hydrogen-bond donors (Lipinski definition) is 2. The molecule has 1 heterocycles. The third-order valence-electron chi connectivity index (χ3n) is 3.39. The van der Waals surface area contributed by atoms with Crippen molar-refractivity contribution in [1.82, 2.24) is 5.32 Å². The van der Waals surface area contributed by atoms with E-state index in [0.29, 0.717) is 22.7 Å². The first-order valence-corrected chi connectivity index (χ1v) is 6.69. The normalized spacial score (nSPS) is 13.8. The van der Waals surface area contributed by atoms with Gasteiger partial charge in [-0.05, 0) is 42.8 Å². The van der Waals surface area contributed by atoms with Gasteiger partial charge in [-0.3, -0.25) is 4.79 Å². The molecule has 0 radical (unpaired) electrons. The minimum atomic E-state index is -0.164. The number of nitrogen functional groups attached to an aromatic ring is 1. The number of ether oxygens (including phenoxy) is 2. The Kier molecular flexibility index (Phi) is 3.39. The van der Waals surface area contributed by atoms with Gasteiger partial charge in [-0.25, -0.2) is 0 Å². The Morgan fingerprint density at radius 1 is 1.19 bits per heavy atom. The van der Waals surface area contributed by atoms with Crippen molar-refractivity contribution < 1.29 is 14.3 Å². The van der Waals surface area contributed by atoms with Crippen molar-refractivity contribution in [3.8, 4) is 11.5 Å². The molecule has 2 aromatic carbocycles. The maximum Gasteiger partial charge on any atom is 0.251 e. The number of anilines is 1. The van der Waals surface area contributed by atoms with Crippen LogP contribution in [0.5, 0.6) is 11.5 Å². The molecule has 1 unspecified atom stereocenters. The van der Waals surface area contributed by atoms with Gasteiger partial charge in [-0.2, -0.15) is 0 Å². The van der Waals surface area contributed by atoms with Crippen LogP contribution < -0.4 is 20.5 Å². The van der Waals surface area contributed by atoms with Crippen LogP contribution in [0.15, 0.2) is 42.5 Å². The molecule has 0 aliphatic carbocycles. The van der Waals surface area contributed by atoms with Gasteiger partial charge >= 0.3 is 0 Å². The van der Waals surface area contributed by atoms with E-state index in [1.807, 2.05) is 31.2 Å². The van der Waals surface area contributed by atoms with Crippen LogP contribution in [-0.2, 0) is 0 Å². The van der Waals surface area contributed by atoms with E-state index in [2.05, 4.69) is 5.32 Å². The zero-order chi connectivity index (χ0) is 14.8. The summed E-state index contributed by atoms with van der Waals surface area (Å²) in [5.41, 5.74) is 7.93. The fourth-order valence-corrected chi connectivity index (χ4v) is 2.23. The van der Waals surface area contributed by atoms with Crippen molar-refractivity contribution in [3.05, 3.63) is 53.6 Å². The quantitative estimate of drug-likeness (QED) is 0.849. The van der Waals surface area contributed by atoms with Crippen molar-refractivity contribution >= 4 is 11.6 Å². The third-order valence-corrected chi connectivity index (χ3v) is 3.39. The van der Waals surface area contributed by atoms with Crippen molar-refractivity contribution in [2.24, 2.45) is 0 Å². The highest BCUT2D eigenvalue weighted by Crippen LogP contribution is 2.32. The standard InChI is InChI=1S/C16H16N2O3/c1-10(11-3-2-4-13(17)7-11)18-16(19)12-5-6-14-15(8-12)21-9-20-14/h2-8,10H,9,17H2,1H3,(H,18,19). The number of fused-ring (bicyclic) bond motifs is 1. The van der Waals surface area contributed by atoms with Gasteiger partial charge in [-0.15, -0.1) is 0 Å². The molecular formula is C16H16N2O3. The summed E-state index contributed by atoms with van der Waals surface area (Å²) < 4.78 is 10.5. The molecule has 3 N–H and O–H groups in total. The highest BCUT2D eigenvalue weighted by Gasteiger charge is 2.17. The Labute approximate surface area is 122 Å². The molecule has 5 nitrogen and oxygen atoms in total. The molecule has 0 fully saturated rings. The van der Waals surface area contributed by atoms with Gasteiger partial charge < -0.3 is 20.5 Å². The van der Waals surface area contributed by atoms with Crippen LogP contribution in [0.25, 0.3) is 0 Å². The lowest BCUT2D eigenvalue weighted by Gasteiger charge is -2.15. The zero-order valence-electron chi connectivity index (χ0n) is 11.6. The first kappa shape index (κ1) is 13.3. The molecule has 1 atom stereocenters. The van der Waals surface area contributed by atoms with E-state index in [1.54, 1.807) is 18.2 Å². The molecule has 1 amide bonds. The zero-order valence-corrected chi connectivity index (χ0v) is 11.6. The van der Waals surface area contributed by atoms with Crippen LogP contribution in [0.1, 0.15) is 28.9 Å². The van der Waals surface area contributed by atoms with Crippen LogP contribution >= 0.6 is 0 Å². The monoisotopic (exact) mass is 284 g/mol. The Morgan fingerprint density at radius 2 is 2.00 bits per heavy atom. The van der Waals surface area contributed by atoms with Gasteiger partial charge in [0.15, 0.2) is 11.5 Å². The van der Waals surface area contributed by atoms with Crippen LogP contribution in [0.4, 0.5) is 5.69 Å². The number of carbonyl (C=O) groups is 1. The van der Waals surface area contributed by atoms with E-state index in [0.717, 1.165) is 5.56 Å². The van der Waals surface area contributed by atoms with Gasteiger partial charge in [0, 0.05) is 11.3 Å². The summed E-state index contributed by atoms with van der Waals surface area (Å²) in [6.45, 7) is 2.11. The van der Waals surface area contributed by atoms with Crippen LogP contribution in [0.2, 0.25) is 0 Å². The summed E-state index contributed by atoms with van der Waals surface area (Å²) in [6, 6.07) is 12.5. The lowest BCUT2D eigenvalue weighted by molar-refractivity contribution is 0.0939. The van der Waals surface area contributed by atoms with Crippen LogP contribution in [0, 0.1) is 0 Å². The average molecular weight is 284 g/mol. The van der Waals surface area contributed by atoms with Crippen LogP contribution in [-0.4, -0.2) is 12.7 Å². The molecule has 3 rings (SSSR count). The lowest BCUT2D eigenvalue weighted by Crippen LogP contribution is -2.26. The number of hydrogen-bond acceptors (Lipinski definition) is 4. The first-order valence-electron chi connectivity index (χ1n) is 6.69. The second-order valence-corrected chi connectivity index (χ2v) is 4.93. The minimum Gasteiger partial charge on any atom is -0.454 e. The van der Waals surface area contributed by atoms with Crippen LogP contribution in [0.3, 0.4) is 0 Å². The molecular weight excluding hydrogens is 268 g/mol. The molecule has 108 valence electrons. The maximum absolute atomic E-state index is 12.3. The molecule has 0 spiro atoms. The van der Waals surface area contributed by atoms with Gasteiger partial charge in [-0.1, -0.05) is 12.1 Å². The summed E-state index contributed by atoms with van der Waals surface area (Å²) in [5.74, 6) is 1.10. The Morgan fingerprint density at radius 3 is 2.81 bits per heavy atom. The highest BCUT2D eigenvalue weighted by molar-refractivity contribution is 5.95. The van der Waals surface area contributed by atoms with E-state index in [4.69, 9.17) is 15.2 Å². The molecule has 0 aromatic heterocycles. The smallest absolute Gasteiger partial charge is 0.251 e. The maximum atomic E-state index is 12.3. The van der Waals surface area contributed by atoms with Crippen molar-refractivity contribution in [2.75, 3.05) is 12.5 Å². The summed E-state index contributed by atoms with van der Waals surface area (Å²) in [7, 11) is 0. The number of rotatable bonds is 3. The number of nitrogens with two attached hydrogens (primary N) is 1. The predicted octanol–water partition coefficient (Wildman–Crippen LogP) is 2.49. The molecule has 2 aromatic rings. The van der Waals surface area contributed by atoms with E-state index in [-0.39, 0.29) is 18.7 Å². The highest BCUT2D eigenvalue weighted by atomic mass is 16.7.